The van der Waals surface area contributed by atoms with Gasteiger partial charge in [-0.2, -0.15) is 8.62 Å². The highest BCUT2D eigenvalue weighted by Crippen LogP contribution is 2.67. The fraction of sp³-hybridized carbons (Fsp3) is 0.538. The Hall–Kier alpha value is -1.29. The molecule has 1 aliphatic heterocycles. The fourth-order valence-corrected chi connectivity index (χ4v) is 6.33. The molecule has 6 atom stereocenters. The number of anilines is 1. The van der Waals surface area contributed by atoms with Gasteiger partial charge in [-0.3, -0.25) is 9.05 Å². The van der Waals surface area contributed by atoms with E-state index < -0.39 is 48.5 Å². The standard InChI is InChI=1S/C13H21N4O13P3/c1-26-31(20,21)29-33(24,25)30-32(22,23)27-5-9-8(19)2-10(28-9)17-3-7(4-18)11-12(14)15-6-16-13(11)17/h3,6,8-10,18-19H,2,4-5H2,1H3,(H,20,21)(H,22,23)(H,24,25)(H2,14,15,16)/t8-,9-,10-/m1/s1. The lowest BCUT2D eigenvalue weighted by Crippen LogP contribution is -2.26. The van der Waals surface area contributed by atoms with Crippen LogP contribution >= 0.6 is 23.5 Å². The zero-order valence-corrected chi connectivity index (χ0v) is 19.5. The second kappa shape index (κ2) is 9.76. The number of nitrogen functional groups attached to an aromatic ring is 1. The molecule has 20 heteroatoms. The van der Waals surface area contributed by atoms with Crippen molar-refractivity contribution in [1.29, 1.82) is 0 Å². The molecule has 0 spiro atoms. The lowest BCUT2D eigenvalue weighted by molar-refractivity contribution is -0.0422. The van der Waals surface area contributed by atoms with Crippen LogP contribution in [0, 0.1) is 0 Å². The van der Waals surface area contributed by atoms with Crippen molar-refractivity contribution in [3.8, 4) is 0 Å². The van der Waals surface area contributed by atoms with Crippen molar-refractivity contribution in [2.45, 2.75) is 31.5 Å². The van der Waals surface area contributed by atoms with Gasteiger partial charge in [0.1, 0.15) is 30.1 Å². The Labute approximate surface area is 185 Å². The first-order valence-corrected chi connectivity index (χ1v) is 13.4. The molecule has 3 heterocycles. The first kappa shape index (κ1) is 26.3. The number of phosphoric acid groups is 3. The summed E-state index contributed by atoms with van der Waals surface area (Å²) in [4.78, 5) is 36.0. The van der Waals surface area contributed by atoms with Crippen LogP contribution in [0.2, 0.25) is 0 Å². The summed E-state index contributed by atoms with van der Waals surface area (Å²) in [6.07, 6.45) is -0.586. The summed E-state index contributed by atoms with van der Waals surface area (Å²) >= 11 is 0. The molecule has 3 unspecified atom stereocenters. The summed E-state index contributed by atoms with van der Waals surface area (Å²) in [5, 5.41) is 20.2. The maximum Gasteiger partial charge on any atom is 0.490 e. The van der Waals surface area contributed by atoms with Crippen LogP contribution < -0.4 is 5.73 Å². The molecule has 17 nitrogen and oxygen atoms in total. The molecule has 0 bridgehead atoms. The lowest BCUT2D eigenvalue weighted by atomic mass is 10.2. The molecule has 7 N–H and O–H groups in total. The first-order valence-electron chi connectivity index (χ1n) is 8.93. The largest absolute Gasteiger partial charge is 0.490 e. The Morgan fingerprint density at radius 2 is 1.85 bits per heavy atom. The van der Waals surface area contributed by atoms with E-state index in [1.807, 2.05) is 0 Å². The Morgan fingerprint density at radius 1 is 1.18 bits per heavy atom. The van der Waals surface area contributed by atoms with Gasteiger partial charge in [0.25, 0.3) is 0 Å². The summed E-state index contributed by atoms with van der Waals surface area (Å²) in [6.45, 7) is -1.16. The molecule has 0 amide bonds. The molecule has 0 saturated carbocycles. The van der Waals surface area contributed by atoms with E-state index in [1.165, 1.54) is 17.1 Å². The van der Waals surface area contributed by atoms with E-state index in [0.29, 0.717) is 23.7 Å². The predicted octanol–water partition coefficient (Wildman–Crippen LogP) is 0.152. The molecule has 2 aromatic rings. The van der Waals surface area contributed by atoms with E-state index >= 15 is 0 Å². The molecule has 3 rings (SSSR count). The molecular weight excluding hydrogens is 513 g/mol. The van der Waals surface area contributed by atoms with Gasteiger partial charge >= 0.3 is 23.5 Å². The van der Waals surface area contributed by atoms with Crippen LogP contribution in [0.25, 0.3) is 11.0 Å². The average molecular weight is 534 g/mol. The van der Waals surface area contributed by atoms with E-state index in [1.54, 1.807) is 0 Å². The quantitative estimate of drug-likeness (QED) is 0.222. The zero-order valence-electron chi connectivity index (χ0n) is 16.8. The lowest BCUT2D eigenvalue weighted by Gasteiger charge is -2.20. The van der Waals surface area contributed by atoms with Crippen molar-refractivity contribution in [2.75, 3.05) is 19.5 Å². The van der Waals surface area contributed by atoms with Crippen LogP contribution in [0.3, 0.4) is 0 Å². The van der Waals surface area contributed by atoms with Crippen LogP contribution in [-0.2, 0) is 42.7 Å². The van der Waals surface area contributed by atoms with Crippen molar-refractivity contribution in [1.82, 2.24) is 14.5 Å². The Kier molecular flexibility index (Phi) is 7.78. The number of hydrogen-bond donors (Lipinski definition) is 6. The monoisotopic (exact) mass is 534 g/mol. The highest BCUT2D eigenvalue weighted by Gasteiger charge is 2.43. The minimum atomic E-state index is -5.55. The topological polar surface area (TPSA) is 255 Å². The minimum Gasteiger partial charge on any atom is -0.392 e. The van der Waals surface area contributed by atoms with Gasteiger partial charge in [0.05, 0.1) is 24.7 Å². The van der Waals surface area contributed by atoms with Crippen molar-refractivity contribution >= 4 is 40.3 Å². The van der Waals surface area contributed by atoms with Crippen molar-refractivity contribution in [3.05, 3.63) is 18.1 Å². The summed E-state index contributed by atoms with van der Waals surface area (Å²) in [7, 11) is -15.2. The Morgan fingerprint density at radius 3 is 2.48 bits per heavy atom. The third-order valence-electron chi connectivity index (χ3n) is 4.45. The van der Waals surface area contributed by atoms with Crippen LogP contribution in [-0.4, -0.2) is 65.4 Å². The van der Waals surface area contributed by atoms with E-state index in [9.17, 15) is 33.7 Å². The van der Waals surface area contributed by atoms with Gasteiger partial charge in [-0.05, 0) is 0 Å². The molecular formula is C13H21N4O13P3. The number of ether oxygens (including phenoxy) is 1. The molecule has 1 aliphatic rings. The minimum absolute atomic E-state index is 0.0215. The summed E-state index contributed by atoms with van der Waals surface area (Å²) in [6, 6.07) is 0. The van der Waals surface area contributed by atoms with Crippen molar-refractivity contribution in [2.24, 2.45) is 0 Å². The Balaban J connectivity index is 1.68. The molecule has 33 heavy (non-hydrogen) atoms. The third-order valence-corrected chi connectivity index (χ3v) is 8.69. The maximum absolute atomic E-state index is 12.0. The van der Waals surface area contributed by atoms with Gasteiger partial charge < -0.3 is 39.9 Å². The van der Waals surface area contributed by atoms with E-state index in [0.717, 1.165) is 0 Å². The summed E-state index contributed by atoms with van der Waals surface area (Å²) < 4.78 is 58.1. The molecule has 0 aliphatic carbocycles. The van der Waals surface area contributed by atoms with Crippen molar-refractivity contribution in [3.63, 3.8) is 0 Å². The van der Waals surface area contributed by atoms with E-state index in [4.69, 9.17) is 15.4 Å². The number of fused-ring (bicyclic) bond motifs is 1. The maximum atomic E-state index is 12.0. The molecule has 1 fully saturated rings. The average Bonchev–Trinajstić information content (AvgIpc) is 3.25. The number of aliphatic hydroxyl groups excluding tert-OH is 2. The number of aromatic nitrogens is 3. The number of phosphoric ester groups is 2. The number of nitrogens with zero attached hydrogens (tertiary/aromatic N) is 3. The zero-order chi connectivity index (χ0) is 24.6. The second-order valence-electron chi connectivity index (χ2n) is 6.66. The van der Waals surface area contributed by atoms with E-state index in [-0.39, 0.29) is 18.8 Å². The fourth-order valence-electron chi connectivity index (χ4n) is 3.06. The van der Waals surface area contributed by atoms with Gasteiger partial charge in [0, 0.05) is 25.3 Å². The molecule has 186 valence electrons. The van der Waals surface area contributed by atoms with Crippen molar-refractivity contribution < 1.29 is 61.0 Å². The van der Waals surface area contributed by atoms with E-state index in [2.05, 4.69) is 27.6 Å². The number of aliphatic hydroxyl groups is 2. The molecule has 2 aromatic heterocycles. The summed E-state index contributed by atoms with van der Waals surface area (Å²) in [5.74, 6) is 0.121. The third kappa shape index (κ3) is 6.24. The highest BCUT2D eigenvalue weighted by molar-refractivity contribution is 7.66. The molecule has 0 aromatic carbocycles. The number of hydrogen-bond acceptors (Lipinski definition) is 13. The first-order chi connectivity index (χ1) is 15.3. The van der Waals surface area contributed by atoms with Crippen LogP contribution in [0.15, 0.2) is 12.5 Å². The molecule has 1 saturated heterocycles. The van der Waals surface area contributed by atoms with Gasteiger partial charge in [-0.25, -0.2) is 23.7 Å². The summed E-state index contributed by atoms with van der Waals surface area (Å²) in [5.41, 5.74) is 6.56. The highest BCUT2D eigenvalue weighted by atomic mass is 31.3. The SMILES string of the molecule is COP(=O)(O)OP(=O)(O)OP(=O)(O)OC[C@H]1O[C@@H](n2cc(CO)c3c(N)ncnc32)C[C@H]1O. The smallest absolute Gasteiger partial charge is 0.392 e. The van der Waals surface area contributed by atoms with Crippen LogP contribution in [0.4, 0.5) is 5.82 Å². The van der Waals surface area contributed by atoms with Crippen LogP contribution in [0.5, 0.6) is 0 Å². The van der Waals surface area contributed by atoms with Gasteiger partial charge in [-0.1, -0.05) is 0 Å². The second-order valence-corrected chi connectivity index (χ2v) is 11.4. The van der Waals surface area contributed by atoms with Gasteiger partial charge in [0.15, 0.2) is 0 Å². The Bertz CT molecular complexity index is 1160. The number of nitrogens with two attached hydrogens (primary N) is 1. The normalized spacial score (nSPS) is 26.7. The number of rotatable bonds is 10. The molecule has 0 radical (unpaired) electrons. The predicted molar refractivity (Wildman–Crippen MR) is 107 cm³/mol. The van der Waals surface area contributed by atoms with Gasteiger partial charge in [-0.15, -0.1) is 0 Å². The van der Waals surface area contributed by atoms with Gasteiger partial charge in [0.2, 0.25) is 0 Å². The van der Waals surface area contributed by atoms with Crippen LogP contribution in [0.1, 0.15) is 18.2 Å².